The molecule has 0 bridgehead atoms. The van der Waals surface area contributed by atoms with Crippen molar-refractivity contribution >= 4 is 11.7 Å². The molecule has 24 heavy (non-hydrogen) atoms. The van der Waals surface area contributed by atoms with E-state index < -0.39 is 0 Å². The normalized spacial score (nSPS) is 18.0. The number of carbonyl (C=O) groups is 1. The lowest BCUT2D eigenvalue weighted by atomic mass is 10.00. The monoisotopic (exact) mass is 333 g/mol. The first-order valence-corrected chi connectivity index (χ1v) is 9.06. The minimum Gasteiger partial charge on any atom is -0.354 e. The number of hydrogen-bond acceptors (Lipinski definition) is 5. The lowest BCUT2D eigenvalue weighted by Crippen LogP contribution is -2.40. The smallest absolute Gasteiger partial charge is 0.270 e. The van der Waals surface area contributed by atoms with Crippen LogP contribution in [0.25, 0.3) is 0 Å². The molecule has 6 nitrogen and oxygen atoms in total. The van der Waals surface area contributed by atoms with Gasteiger partial charge in [0.25, 0.3) is 5.91 Å². The first-order chi connectivity index (χ1) is 11.5. The van der Waals surface area contributed by atoms with Crippen LogP contribution >= 0.6 is 0 Å². The highest BCUT2D eigenvalue weighted by molar-refractivity contribution is 5.92. The number of anilines is 1. The van der Waals surface area contributed by atoms with Crippen molar-refractivity contribution in [2.75, 3.05) is 38.6 Å². The van der Waals surface area contributed by atoms with Crippen LogP contribution in [0.5, 0.6) is 0 Å². The number of nitrogens with one attached hydrogen (secondary N) is 1. The van der Waals surface area contributed by atoms with Crippen LogP contribution in [0.15, 0.2) is 6.07 Å². The lowest BCUT2D eigenvalue weighted by molar-refractivity contribution is 0.0947. The van der Waals surface area contributed by atoms with E-state index in [1.807, 2.05) is 27.1 Å². The number of piperidine rings is 1. The molecular formula is C18H31N5O. The van der Waals surface area contributed by atoms with E-state index >= 15 is 0 Å². The molecule has 0 spiro atoms. The number of nitrogens with zero attached hydrogens (tertiary/aromatic N) is 4. The van der Waals surface area contributed by atoms with Crippen molar-refractivity contribution in [3.63, 3.8) is 0 Å². The fraction of sp³-hybridized carbons (Fsp3) is 0.722. The molecule has 1 aliphatic heterocycles. The number of rotatable bonds is 7. The van der Waals surface area contributed by atoms with Crippen LogP contribution in [0.3, 0.4) is 0 Å². The molecular weight excluding hydrogens is 302 g/mol. The summed E-state index contributed by atoms with van der Waals surface area (Å²) in [7, 11) is 4.06. The average molecular weight is 333 g/mol. The highest BCUT2D eigenvalue weighted by Gasteiger charge is 2.23. The van der Waals surface area contributed by atoms with Gasteiger partial charge in [-0.2, -0.15) is 0 Å². The molecule has 1 fully saturated rings. The van der Waals surface area contributed by atoms with E-state index in [-0.39, 0.29) is 5.91 Å². The van der Waals surface area contributed by atoms with Gasteiger partial charge in [0.15, 0.2) is 0 Å². The van der Waals surface area contributed by atoms with Crippen molar-refractivity contribution in [2.45, 2.75) is 52.0 Å². The zero-order valence-corrected chi connectivity index (χ0v) is 15.5. The zero-order chi connectivity index (χ0) is 17.5. The summed E-state index contributed by atoms with van der Waals surface area (Å²) in [6.45, 7) is 6.71. The van der Waals surface area contributed by atoms with Crippen molar-refractivity contribution < 1.29 is 4.79 Å². The summed E-state index contributed by atoms with van der Waals surface area (Å²) in [5.41, 5.74) is 0.475. The van der Waals surface area contributed by atoms with Crippen LogP contribution in [0.4, 0.5) is 5.82 Å². The van der Waals surface area contributed by atoms with Crippen LogP contribution in [0.1, 0.15) is 55.3 Å². The van der Waals surface area contributed by atoms with Gasteiger partial charge >= 0.3 is 0 Å². The van der Waals surface area contributed by atoms with Gasteiger partial charge in [-0.3, -0.25) is 4.79 Å². The number of amides is 1. The molecule has 1 aromatic heterocycles. The number of aromatic nitrogens is 2. The SMILES string of the molecule is CCC1CCCCN1c1cc(C(=O)NCCCN(C)C)nc(C)n1. The fourth-order valence-electron chi connectivity index (χ4n) is 3.23. The highest BCUT2D eigenvalue weighted by Crippen LogP contribution is 2.25. The number of carbonyl (C=O) groups excluding carboxylic acids is 1. The van der Waals surface area contributed by atoms with Crippen molar-refractivity contribution in [3.05, 3.63) is 17.6 Å². The third-order valence-electron chi connectivity index (χ3n) is 4.52. The standard InChI is InChI=1S/C18H31N5O/c1-5-15-9-6-7-12-23(15)17-13-16(20-14(2)21-17)18(24)19-10-8-11-22(3)4/h13,15H,5-12H2,1-4H3,(H,19,24). The molecule has 1 saturated heterocycles. The van der Waals surface area contributed by atoms with Gasteiger partial charge in [-0.05, 0) is 59.7 Å². The first kappa shape index (κ1) is 18.6. The molecule has 1 amide bonds. The van der Waals surface area contributed by atoms with E-state index in [0.29, 0.717) is 24.1 Å². The Morgan fingerprint density at radius 3 is 2.88 bits per heavy atom. The van der Waals surface area contributed by atoms with Crippen LogP contribution < -0.4 is 10.2 Å². The summed E-state index contributed by atoms with van der Waals surface area (Å²) in [4.78, 5) is 25.8. The van der Waals surface area contributed by atoms with Crippen molar-refractivity contribution in [1.82, 2.24) is 20.2 Å². The van der Waals surface area contributed by atoms with E-state index in [1.54, 1.807) is 0 Å². The Hall–Kier alpha value is -1.69. The predicted molar refractivity (Wildman–Crippen MR) is 97.5 cm³/mol. The molecule has 134 valence electrons. The Bertz CT molecular complexity index is 546. The number of hydrogen-bond donors (Lipinski definition) is 1. The van der Waals surface area contributed by atoms with Crippen LogP contribution in [-0.2, 0) is 0 Å². The van der Waals surface area contributed by atoms with Gasteiger partial charge in [-0.15, -0.1) is 0 Å². The highest BCUT2D eigenvalue weighted by atomic mass is 16.1. The molecule has 0 aromatic carbocycles. The molecule has 0 saturated carbocycles. The van der Waals surface area contributed by atoms with Crippen molar-refractivity contribution in [3.8, 4) is 0 Å². The zero-order valence-electron chi connectivity index (χ0n) is 15.5. The van der Waals surface area contributed by atoms with E-state index in [4.69, 9.17) is 0 Å². The van der Waals surface area contributed by atoms with Gasteiger partial charge in [0, 0.05) is 25.2 Å². The topological polar surface area (TPSA) is 61.4 Å². The lowest BCUT2D eigenvalue weighted by Gasteiger charge is -2.36. The predicted octanol–water partition coefficient (Wildman–Crippen LogP) is 2.24. The molecule has 0 aliphatic carbocycles. The van der Waals surface area contributed by atoms with Gasteiger partial charge in [-0.1, -0.05) is 6.92 Å². The molecule has 0 radical (unpaired) electrons. The average Bonchev–Trinajstić information content (AvgIpc) is 2.57. The van der Waals surface area contributed by atoms with E-state index in [9.17, 15) is 4.79 Å². The van der Waals surface area contributed by atoms with Gasteiger partial charge in [0.05, 0.1) is 0 Å². The maximum absolute atomic E-state index is 12.4. The Kier molecular flexibility index (Phi) is 6.97. The Balaban J connectivity index is 2.06. The third kappa shape index (κ3) is 5.16. The second-order valence-corrected chi connectivity index (χ2v) is 6.82. The van der Waals surface area contributed by atoms with Gasteiger partial charge in [0.1, 0.15) is 17.3 Å². The maximum Gasteiger partial charge on any atom is 0.270 e. The quantitative estimate of drug-likeness (QED) is 0.776. The summed E-state index contributed by atoms with van der Waals surface area (Å²) in [6, 6.07) is 2.37. The molecule has 1 unspecified atom stereocenters. The summed E-state index contributed by atoms with van der Waals surface area (Å²) in [6.07, 6.45) is 5.70. The second kappa shape index (κ2) is 8.97. The largest absolute Gasteiger partial charge is 0.354 e. The second-order valence-electron chi connectivity index (χ2n) is 6.82. The van der Waals surface area contributed by atoms with E-state index in [0.717, 1.165) is 31.7 Å². The summed E-state index contributed by atoms with van der Waals surface area (Å²) < 4.78 is 0. The Labute approximate surface area is 145 Å². The van der Waals surface area contributed by atoms with Gasteiger partial charge < -0.3 is 15.1 Å². The molecule has 6 heteroatoms. The molecule has 1 atom stereocenters. The van der Waals surface area contributed by atoms with Gasteiger partial charge in [0.2, 0.25) is 0 Å². The van der Waals surface area contributed by atoms with E-state index in [1.165, 1.54) is 19.3 Å². The van der Waals surface area contributed by atoms with Crippen LogP contribution in [-0.4, -0.2) is 60.5 Å². The maximum atomic E-state index is 12.4. The van der Waals surface area contributed by atoms with Gasteiger partial charge in [-0.25, -0.2) is 9.97 Å². The van der Waals surface area contributed by atoms with Crippen molar-refractivity contribution in [2.24, 2.45) is 0 Å². The fourth-order valence-corrected chi connectivity index (χ4v) is 3.23. The molecule has 2 heterocycles. The first-order valence-electron chi connectivity index (χ1n) is 9.06. The molecule has 1 aliphatic rings. The van der Waals surface area contributed by atoms with Crippen LogP contribution in [0, 0.1) is 6.92 Å². The summed E-state index contributed by atoms with van der Waals surface area (Å²) >= 11 is 0. The minimum absolute atomic E-state index is 0.106. The minimum atomic E-state index is -0.106. The Morgan fingerprint density at radius 1 is 1.38 bits per heavy atom. The summed E-state index contributed by atoms with van der Waals surface area (Å²) in [5, 5.41) is 2.96. The third-order valence-corrected chi connectivity index (χ3v) is 4.52. The molecule has 1 N–H and O–H groups in total. The Morgan fingerprint density at radius 2 is 2.17 bits per heavy atom. The van der Waals surface area contributed by atoms with Crippen LogP contribution in [0.2, 0.25) is 0 Å². The molecule has 1 aromatic rings. The van der Waals surface area contributed by atoms with Crippen molar-refractivity contribution in [1.29, 1.82) is 0 Å². The van der Waals surface area contributed by atoms with E-state index in [2.05, 4.69) is 32.0 Å². The molecule has 2 rings (SSSR count). The summed E-state index contributed by atoms with van der Waals surface area (Å²) in [5.74, 6) is 1.45. The number of aryl methyl sites for hydroxylation is 1.